The number of carbonyl (C=O) groups is 1. The van der Waals surface area contributed by atoms with E-state index in [-0.39, 0.29) is 11.5 Å². The number of aromatic hydroxyl groups is 1. The van der Waals surface area contributed by atoms with Gasteiger partial charge < -0.3 is 5.11 Å². The van der Waals surface area contributed by atoms with Gasteiger partial charge in [0.15, 0.2) is 13.9 Å². The zero-order chi connectivity index (χ0) is 21.0. The highest BCUT2D eigenvalue weighted by Gasteiger charge is 2.46. The quantitative estimate of drug-likeness (QED) is 0.239. The Balaban J connectivity index is 1.94. The molecule has 1 unspecified atom stereocenters. The van der Waals surface area contributed by atoms with Crippen molar-refractivity contribution >= 4 is 97.7 Å². The number of hydrogen-bond acceptors (Lipinski definition) is 4. The molecule has 1 aliphatic carbocycles. The fourth-order valence-corrected chi connectivity index (χ4v) is 12.1. The van der Waals surface area contributed by atoms with Crippen LogP contribution < -0.4 is 10.4 Å². The lowest BCUT2D eigenvalue weighted by Gasteiger charge is -2.38. The number of phenolic OH excluding ortho intramolecular Hbond substituents is 1. The summed E-state index contributed by atoms with van der Waals surface area (Å²) in [5, 5.41) is 13.6. The van der Waals surface area contributed by atoms with E-state index < -0.39 is 8.07 Å². The summed E-state index contributed by atoms with van der Waals surface area (Å²) in [5.41, 5.74) is 2.50. The number of rotatable bonds is 2. The lowest BCUT2D eigenvalue weighted by Crippen LogP contribution is -2.61. The molecule has 3 aromatic rings. The highest BCUT2D eigenvalue weighted by atomic mass is 127. The molecule has 0 fully saturated rings. The van der Waals surface area contributed by atoms with Gasteiger partial charge in [-0.05, 0) is 97.2 Å². The molecule has 0 amide bonds. The number of allylic oxidation sites excluding steroid dienone is 4. The van der Waals surface area contributed by atoms with Crippen LogP contribution in [0.15, 0.2) is 76.9 Å². The average Bonchev–Trinajstić information content (AvgIpc) is 3.07. The summed E-state index contributed by atoms with van der Waals surface area (Å²) in [6, 6.07) is 17.9. The first kappa shape index (κ1) is 20.3. The predicted molar refractivity (Wildman–Crippen MR) is 143 cm³/mol. The van der Waals surface area contributed by atoms with Crippen LogP contribution in [0.4, 0.5) is 5.69 Å². The second-order valence-electron chi connectivity index (χ2n) is 7.36. The number of carbonyl (C=O) groups excluding carboxylic acids is 1. The predicted octanol–water partition coefficient (Wildman–Crippen LogP) is 5.07. The number of hydrogen-bond donors (Lipinski definition) is 1. The second-order valence-corrected chi connectivity index (χ2v) is 15.3. The van der Waals surface area contributed by atoms with Gasteiger partial charge in [-0.2, -0.15) is 0 Å². The van der Waals surface area contributed by atoms with Crippen molar-refractivity contribution in [2.45, 2.75) is 6.55 Å². The first-order valence-electron chi connectivity index (χ1n) is 9.30. The minimum Gasteiger partial charge on any atom is -0.508 e. The van der Waals surface area contributed by atoms with Crippen molar-refractivity contribution in [2.24, 2.45) is 4.99 Å². The normalized spacial score (nSPS) is 20.1. The fraction of sp³-hybridized carbons (Fsp3) is 0.0435. The van der Waals surface area contributed by atoms with Crippen LogP contribution in [0, 0.1) is 6.45 Å². The summed E-state index contributed by atoms with van der Waals surface area (Å²) in [6.07, 6.45) is 3.50. The largest absolute Gasteiger partial charge is 0.508 e. The maximum atomic E-state index is 13.3. The third kappa shape index (κ3) is 3.09. The third-order valence-electron chi connectivity index (χ3n) is 5.64. The molecule has 1 aliphatic heterocycles. The lowest BCUT2D eigenvalue weighted by atomic mass is 10.0. The minimum atomic E-state index is -2.61. The molecule has 3 nitrogen and oxygen atoms in total. The molecule has 5 rings (SSSR count). The van der Waals surface area contributed by atoms with E-state index in [9.17, 15) is 9.90 Å². The molecule has 0 bridgehead atoms. The maximum Gasteiger partial charge on any atom is 0.187 e. The van der Waals surface area contributed by atoms with Crippen molar-refractivity contribution in [3.05, 3.63) is 83.3 Å². The van der Waals surface area contributed by atoms with Gasteiger partial charge in [0.05, 0.1) is 19.2 Å². The number of nitrogens with zero attached hydrogens (tertiary/aromatic N) is 1. The van der Waals surface area contributed by atoms with E-state index in [1.54, 1.807) is 23.5 Å². The molecule has 1 atom stereocenters. The van der Waals surface area contributed by atoms with Crippen molar-refractivity contribution in [3.8, 4) is 5.75 Å². The van der Waals surface area contributed by atoms with Crippen molar-refractivity contribution < 1.29 is 9.90 Å². The molecule has 0 radical (unpaired) electrons. The Bertz CT molecular complexity index is 1310. The number of benzene rings is 2. The van der Waals surface area contributed by atoms with E-state index >= 15 is 0 Å². The molecule has 2 aromatic carbocycles. The van der Waals surface area contributed by atoms with Gasteiger partial charge in [-0.15, -0.1) is 11.3 Å². The van der Waals surface area contributed by atoms with E-state index in [0.29, 0.717) is 0 Å². The van der Waals surface area contributed by atoms with Crippen LogP contribution in [0.5, 0.6) is 5.75 Å². The first-order chi connectivity index (χ1) is 14.4. The highest BCUT2D eigenvalue weighted by molar-refractivity contribution is 14.1. The molecule has 0 spiro atoms. The van der Waals surface area contributed by atoms with E-state index in [4.69, 9.17) is 4.99 Å². The van der Waals surface area contributed by atoms with Crippen LogP contribution in [0.1, 0.15) is 4.88 Å². The number of halogens is 2. The Morgan fingerprint density at radius 3 is 2.50 bits per heavy atom. The number of fused-ring (bicyclic) bond motifs is 2. The summed E-state index contributed by atoms with van der Waals surface area (Å²) >= 11 is 6.28. The number of ketones is 1. The molecule has 1 aromatic heterocycles. The van der Waals surface area contributed by atoms with E-state index in [1.807, 2.05) is 36.4 Å². The molecule has 2 aliphatic rings. The summed E-state index contributed by atoms with van der Waals surface area (Å²) in [7, 11) is -2.61. The van der Waals surface area contributed by atoms with Crippen LogP contribution >= 0.6 is 56.5 Å². The zero-order valence-corrected chi connectivity index (χ0v) is 21.9. The molecule has 0 saturated heterocycles. The average molecular weight is 651 g/mol. The van der Waals surface area contributed by atoms with E-state index in [1.165, 1.54) is 5.19 Å². The maximum absolute atomic E-state index is 13.3. The van der Waals surface area contributed by atoms with Crippen molar-refractivity contribution in [3.63, 3.8) is 0 Å². The second kappa shape index (κ2) is 7.54. The standard InChI is InChI=1S/C23H15I2NO2SSi/c1-30(14-5-3-2-4-6-14)19-11-13(27)7-8-16(19)26-17-9-10-18(28)21(23(17)30)22-15(24)12-20(25)29-22/h2-12,27H,1H3. The summed E-state index contributed by atoms with van der Waals surface area (Å²) in [6.45, 7) is 2.27. The van der Waals surface area contributed by atoms with Crippen molar-refractivity contribution in [1.82, 2.24) is 0 Å². The van der Waals surface area contributed by atoms with Crippen LogP contribution in [-0.2, 0) is 4.79 Å². The van der Waals surface area contributed by atoms with Gasteiger partial charge >= 0.3 is 0 Å². The topological polar surface area (TPSA) is 49.7 Å². The fourth-order valence-electron chi connectivity index (χ4n) is 4.27. The van der Waals surface area contributed by atoms with Gasteiger partial charge in [0, 0.05) is 9.14 Å². The van der Waals surface area contributed by atoms with Crippen molar-refractivity contribution in [1.29, 1.82) is 0 Å². The highest BCUT2D eigenvalue weighted by Crippen LogP contribution is 2.41. The SMILES string of the molecule is C[Si]1(c2ccccc2)C2=C(c3sc(I)cc3I)C(=O)C=CC2=Nc2ccc(O)cc21. The van der Waals surface area contributed by atoms with Crippen LogP contribution in [0.2, 0.25) is 6.55 Å². The Hall–Kier alpha value is -1.56. The van der Waals surface area contributed by atoms with Gasteiger partial charge in [-0.3, -0.25) is 4.79 Å². The monoisotopic (exact) mass is 651 g/mol. The van der Waals surface area contributed by atoms with E-state index in [2.05, 4.69) is 69.9 Å². The van der Waals surface area contributed by atoms with Gasteiger partial charge in [-0.25, -0.2) is 4.99 Å². The Morgan fingerprint density at radius 1 is 1.03 bits per heavy atom. The summed E-state index contributed by atoms with van der Waals surface area (Å²) < 4.78 is 2.23. The summed E-state index contributed by atoms with van der Waals surface area (Å²) in [4.78, 5) is 19.2. The molecule has 30 heavy (non-hydrogen) atoms. The van der Waals surface area contributed by atoms with Crippen LogP contribution in [0.3, 0.4) is 0 Å². The molecule has 148 valence electrons. The van der Waals surface area contributed by atoms with Gasteiger partial charge in [-0.1, -0.05) is 36.9 Å². The number of phenols is 1. The number of aliphatic imine (C=N–C) groups is 1. The molecule has 7 heteroatoms. The first-order valence-corrected chi connectivity index (χ1v) is 14.8. The minimum absolute atomic E-state index is 0.0263. The molecule has 1 N–H and O–H groups in total. The molecular formula is C23H15I2NO2SSi. The Labute approximate surface area is 206 Å². The van der Waals surface area contributed by atoms with Gasteiger partial charge in [0.1, 0.15) is 5.75 Å². The Kier molecular flexibility index (Phi) is 5.11. The number of thiophene rings is 1. The molecular weight excluding hydrogens is 636 g/mol. The summed E-state index contributed by atoms with van der Waals surface area (Å²) in [5.74, 6) is 0.250. The van der Waals surface area contributed by atoms with Gasteiger partial charge in [0.25, 0.3) is 0 Å². The Morgan fingerprint density at radius 2 is 1.80 bits per heavy atom. The van der Waals surface area contributed by atoms with Crippen molar-refractivity contribution in [2.75, 3.05) is 0 Å². The zero-order valence-electron chi connectivity index (χ0n) is 15.8. The van der Waals surface area contributed by atoms with E-state index in [0.717, 1.165) is 38.7 Å². The third-order valence-corrected chi connectivity index (χ3v) is 13.2. The smallest absolute Gasteiger partial charge is 0.187 e. The van der Waals surface area contributed by atoms with Gasteiger partial charge in [0.2, 0.25) is 0 Å². The molecule has 0 saturated carbocycles. The lowest BCUT2D eigenvalue weighted by molar-refractivity contribution is -0.109. The molecule has 2 heterocycles. The van der Waals surface area contributed by atoms with Crippen LogP contribution in [0.25, 0.3) is 5.57 Å². The van der Waals surface area contributed by atoms with Crippen LogP contribution in [-0.4, -0.2) is 24.7 Å².